The zero-order chi connectivity index (χ0) is 33.9. The first kappa shape index (κ1) is 29.4. The number of nitrogens with zero attached hydrogens (tertiary/aromatic N) is 4. The Balaban J connectivity index is 1.35. The maximum Gasteiger partial charge on any atom is 0.179 e. The number of hydrogen-bond donors (Lipinski definition) is 1. The summed E-state index contributed by atoms with van der Waals surface area (Å²) in [6.07, 6.45) is 1.88. The second-order valence-electron chi connectivity index (χ2n) is 13.2. The Morgan fingerprint density at radius 1 is 0.431 bits per heavy atom. The van der Waals surface area contributed by atoms with Crippen LogP contribution in [0.2, 0.25) is 0 Å². The molecule has 5 nitrogen and oxygen atoms in total. The monoisotopic (exact) mass is 671 g/mol. The predicted molar refractivity (Wildman–Crippen MR) is 213 cm³/mol. The van der Waals surface area contributed by atoms with E-state index in [9.17, 15) is 0 Å². The van der Waals surface area contributed by atoms with Crippen molar-refractivity contribution < 1.29 is 0 Å². The number of nitrogens with one attached hydrogen (secondary N) is 1. The van der Waals surface area contributed by atoms with Gasteiger partial charge in [0.2, 0.25) is 0 Å². The van der Waals surface area contributed by atoms with E-state index < -0.39 is 8.07 Å². The first-order valence-electron chi connectivity index (χ1n) is 17.3. The van der Waals surface area contributed by atoms with Crippen LogP contribution in [0.4, 0.5) is 0 Å². The molecule has 0 radical (unpaired) electrons. The number of aromatic nitrogens is 5. The summed E-state index contributed by atoms with van der Waals surface area (Å²) in [5.41, 5.74) is 5.62. The quantitative estimate of drug-likeness (QED) is 0.146. The summed E-state index contributed by atoms with van der Waals surface area (Å²) < 4.78 is 4.64. The fraction of sp³-hybridized carbons (Fsp3) is 0.0222. The second-order valence-corrected chi connectivity index (χ2v) is 17.1. The van der Waals surface area contributed by atoms with Crippen molar-refractivity contribution in [1.29, 1.82) is 0 Å². The van der Waals surface area contributed by atoms with Gasteiger partial charge >= 0.3 is 0 Å². The molecule has 0 amide bonds. The van der Waals surface area contributed by atoms with Crippen LogP contribution in [0.3, 0.4) is 0 Å². The summed E-state index contributed by atoms with van der Waals surface area (Å²) in [4.78, 5) is 4.85. The van der Waals surface area contributed by atoms with E-state index in [-0.39, 0.29) is 0 Å². The number of pyridine rings is 1. The van der Waals surface area contributed by atoms with Gasteiger partial charge < -0.3 is 0 Å². The third-order valence-corrected chi connectivity index (χ3v) is 15.2. The van der Waals surface area contributed by atoms with Crippen LogP contribution in [0.15, 0.2) is 176 Å². The molecular formula is C45H33N5Si. The third-order valence-electron chi connectivity index (χ3n) is 10.4. The van der Waals surface area contributed by atoms with E-state index in [0.29, 0.717) is 0 Å². The molecule has 4 aromatic heterocycles. The van der Waals surface area contributed by atoms with Gasteiger partial charge in [-0.25, -0.2) is 4.98 Å². The molecular weight excluding hydrogens is 639 g/mol. The topological polar surface area (TPSA) is 51.4 Å². The third kappa shape index (κ3) is 4.40. The molecule has 10 rings (SSSR count). The SMILES string of the molecule is Cc1cc(-n2c3ccccc3c3ccc([Si](c4ccccc4)(c4ccccc4)c4ccc5c6ccccc6n(-c6ccccn6)c5c4)cc32)n[nH]1. The van der Waals surface area contributed by atoms with Crippen LogP contribution in [0, 0.1) is 6.92 Å². The Bertz CT molecular complexity index is 2830. The van der Waals surface area contributed by atoms with Gasteiger partial charge in [0.1, 0.15) is 5.82 Å². The predicted octanol–water partition coefficient (Wildman–Crippen LogP) is 7.68. The first-order chi connectivity index (χ1) is 25.2. The minimum atomic E-state index is -2.95. The summed E-state index contributed by atoms with van der Waals surface area (Å²) >= 11 is 0. The minimum absolute atomic E-state index is 0.892. The molecule has 0 saturated carbocycles. The Morgan fingerprint density at radius 2 is 0.922 bits per heavy atom. The van der Waals surface area contributed by atoms with Crippen molar-refractivity contribution in [1.82, 2.24) is 24.3 Å². The molecule has 6 aromatic carbocycles. The van der Waals surface area contributed by atoms with E-state index in [1.165, 1.54) is 42.3 Å². The molecule has 0 saturated heterocycles. The van der Waals surface area contributed by atoms with Crippen LogP contribution < -0.4 is 20.7 Å². The van der Waals surface area contributed by atoms with Crippen molar-refractivity contribution in [3.63, 3.8) is 0 Å². The van der Waals surface area contributed by atoms with Gasteiger partial charge in [-0.05, 0) is 64.1 Å². The lowest BCUT2D eigenvalue weighted by Crippen LogP contribution is -2.74. The number of hydrogen-bond acceptors (Lipinski definition) is 2. The minimum Gasteiger partial charge on any atom is -0.294 e. The Hall–Kier alpha value is -6.50. The van der Waals surface area contributed by atoms with E-state index in [1.807, 2.05) is 12.3 Å². The molecule has 51 heavy (non-hydrogen) atoms. The maximum absolute atomic E-state index is 4.85. The van der Waals surface area contributed by atoms with E-state index in [1.54, 1.807) is 0 Å². The van der Waals surface area contributed by atoms with Gasteiger partial charge in [0.25, 0.3) is 0 Å². The average Bonchev–Trinajstić information content (AvgIpc) is 3.87. The molecule has 0 unspecified atom stereocenters. The summed E-state index contributed by atoms with van der Waals surface area (Å²) in [5, 5.41) is 18.1. The normalized spacial score (nSPS) is 12.0. The van der Waals surface area contributed by atoms with Crippen molar-refractivity contribution in [2.24, 2.45) is 0 Å². The summed E-state index contributed by atoms with van der Waals surface area (Å²) in [7, 11) is -2.95. The Labute approximate surface area is 296 Å². The number of H-pyrrole nitrogens is 1. The highest BCUT2D eigenvalue weighted by atomic mass is 28.3. The summed E-state index contributed by atoms with van der Waals surface area (Å²) in [6, 6.07) is 62.2. The largest absolute Gasteiger partial charge is 0.294 e. The lowest BCUT2D eigenvalue weighted by Gasteiger charge is -2.34. The summed E-state index contributed by atoms with van der Waals surface area (Å²) in [6.45, 7) is 2.05. The van der Waals surface area contributed by atoms with E-state index >= 15 is 0 Å². The molecule has 4 heterocycles. The fourth-order valence-corrected chi connectivity index (χ4v) is 13.0. The van der Waals surface area contributed by atoms with Crippen molar-refractivity contribution in [2.75, 3.05) is 0 Å². The molecule has 0 aliphatic heterocycles. The molecule has 1 N–H and O–H groups in total. The van der Waals surface area contributed by atoms with Gasteiger partial charge in [-0.1, -0.05) is 127 Å². The fourth-order valence-electron chi connectivity index (χ4n) is 8.28. The van der Waals surface area contributed by atoms with Crippen LogP contribution in [0.25, 0.3) is 55.2 Å². The van der Waals surface area contributed by atoms with Gasteiger partial charge in [-0.3, -0.25) is 14.2 Å². The highest BCUT2D eigenvalue weighted by Crippen LogP contribution is 2.33. The second kappa shape index (κ2) is 11.5. The highest BCUT2D eigenvalue weighted by molar-refractivity contribution is 7.20. The lowest BCUT2D eigenvalue weighted by molar-refractivity contribution is 0.990. The van der Waals surface area contributed by atoms with Gasteiger partial charge in [0, 0.05) is 39.5 Å². The van der Waals surface area contributed by atoms with Crippen LogP contribution in [0.5, 0.6) is 0 Å². The van der Waals surface area contributed by atoms with Crippen LogP contribution in [-0.2, 0) is 0 Å². The Kier molecular flexibility index (Phi) is 6.66. The number of benzene rings is 6. The van der Waals surface area contributed by atoms with Crippen molar-refractivity contribution in [2.45, 2.75) is 6.92 Å². The van der Waals surface area contributed by atoms with Crippen LogP contribution in [-0.4, -0.2) is 32.4 Å². The van der Waals surface area contributed by atoms with Crippen molar-refractivity contribution in [3.8, 4) is 11.6 Å². The van der Waals surface area contributed by atoms with Crippen LogP contribution >= 0.6 is 0 Å². The van der Waals surface area contributed by atoms with Gasteiger partial charge in [0.15, 0.2) is 13.9 Å². The molecule has 0 spiro atoms. The standard InChI is InChI=1S/C45H33N5Si/c1-31-28-45(48-47-31)50-41-21-11-9-19-37(41)39-26-24-35(30-43(39)50)51(32-14-4-2-5-15-32,33-16-6-3-7-17-33)34-23-25-38-36-18-8-10-20-40(36)49(42(38)29-34)44-22-12-13-27-46-44/h2-30H,1H3,(H,47,48). The number of aromatic amines is 1. The maximum atomic E-state index is 4.85. The van der Waals surface area contributed by atoms with Crippen molar-refractivity contribution >= 4 is 72.4 Å². The van der Waals surface area contributed by atoms with Crippen LogP contribution in [0.1, 0.15) is 5.69 Å². The van der Waals surface area contributed by atoms with Gasteiger partial charge in [-0.2, -0.15) is 5.10 Å². The smallest absolute Gasteiger partial charge is 0.179 e. The lowest BCUT2D eigenvalue weighted by atomic mass is 10.1. The first-order valence-corrected chi connectivity index (χ1v) is 19.3. The van der Waals surface area contributed by atoms with E-state index in [0.717, 1.165) is 39.4 Å². The average molecular weight is 672 g/mol. The van der Waals surface area contributed by atoms with Gasteiger partial charge in [-0.15, -0.1) is 0 Å². The number of aryl methyl sites for hydroxylation is 1. The molecule has 0 aliphatic carbocycles. The number of rotatable bonds is 6. The van der Waals surface area contributed by atoms with Crippen molar-refractivity contribution in [3.05, 3.63) is 182 Å². The number of fused-ring (bicyclic) bond motifs is 6. The molecule has 242 valence electrons. The Morgan fingerprint density at radius 3 is 1.43 bits per heavy atom. The van der Waals surface area contributed by atoms with Gasteiger partial charge in [0.05, 0.1) is 22.1 Å². The molecule has 0 aliphatic rings. The molecule has 0 fully saturated rings. The number of para-hydroxylation sites is 2. The zero-order valence-electron chi connectivity index (χ0n) is 28.0. The molecule has 6 heteroatoms. The molecule has 10 aromatic rings. The molecule has 0 bridgehead atoms. The van der Waals surface area contributed by atoms with E-state index in [4.69, 9.17) is 10.1 Å². The summed E-state index contributed by atoms with van der Waals surface area (Å²) in [5.74, 6) is 1.80. The zero-order valence-corrected chi connectivity index (χ0v) is 29.0. The highest BCUT2D eigenvalue weighted by Gasteiger charge is 2.42. The molecule has 0 atom stereocenters. The van der Waals surface area contributed by atoms with E-state index in [2.05, 4.69) is 185 Å².